The fourth-order valence-electron chi connectivity index (χ4n) is 2.95. The van der Waals surface area contributed by atoms with Crippen LogP contribution in [0.25, 0.3) is 23.1 Å². The van der Waals surface area contributed by atoms with E-state index in [1.54, 1.807) is 38.4 Å². The Labute approximate surface area is 182 Å². The number of likely N-dealkylation sites (N-methyl/N-ethyl adjacent to an activating group) is 1. The van der Waals surface area contributed by atoms with Crippen molar-refractivity contribution < 1.29 is 28.2 Å². The molecule has 3 rings (SSSR count). The molecule has 0 bridgehead atoms. The molecule has 2 N–H and O–H groups in total. The summed E-state index contributed by atoms with van der Waals surface area (Å²) in [6.07, 6.45) is 3.24. The highest BCUT2D eigenvalue weighted by molar-refractivity contribution is 6.06. The lowest BCUT2D eigenvalue weighted by molar-refractivity contribution is -0.131. The molecule has 0 atom stereocenters. The summed E-state index contributed by atoms with van der Waals surface area (Å²) in [5.74, 6) is -1.43. The molecule has 1 heterocycles. The minimum absolute atomic E-state index is 0.0482. The van der Waals surface area contributed by atoms with Crippen LogP contribution in [0.15, 0.2) is 36.4 Å². The van der Waals surface area contributed by atoms with Crippen LogP contribution in [0, 0.1) is 5.82 Å². The number of ether oxygens (including phenoxy) is 2. The zero-order valence-electron chi connectivity index (χ0n) is 17.7. The largest absolute Gasteiger partial charge is 0.495 e. The Balaban J connectivity index is 2.08. The van der Waals surface area contributed by atoms with Gasteiger partial charge in [0.1, 0.15) is 17.1 Å². The molecule has 0 spiro atoms. The summed E-state index contributed by atoms with van der Waals surface area (Å²) in [5, 5.41) is 4.56. The number of hydrogen-bond acceptors (Lipinski definition) is 6. The van der Waals surface area contributed by atoms with Crippen molar-refractivity contribution in [2.75, 3.05) is 27.8 Å². The van der Waals surface area contributed by atoms with Gasteiger partial charge in [0.05, 0.1) is 23.7 Å². The highest BCUT2D eigenvalue weighted by Gasteiger charge is 2.23. The average molecular weight is 440 g/mol. The molecule has 0 unspecified atom stereocenters. The van der Waals surface area contributed by atoms with Crippen LogP contribution < -0.4 is 10.5 Å². The van der Waals surface area contributed by atoms with E-state index in [0.717, 1.165) is 4.68 Å². The molecule has 9 nitrogen and oxygen atoms in total. The molecule has 0 saturated carbocycles. The van der Waals surface area contributed by atoms with Gasteiger partial charge < -0.3 is 20.1 Å². The average Bonchev–Trinajstić information content (AvgIpc) is 3.15. The Morgan fingerprint density at radius 1 is 1.12 bits per heavy atom. The van der Waals surface area contributed by atoms with Crippen molar-refractivity contribution in [3.8, 4) is 5.75 Å². The molecule has 32 heavy (non-hydrogen) atoms. The van der Waals surface area contributed by atoms with Crippen molar-refractivity contribution in [3.05, 3.63) is 59.0 Å². The van der Waals surface area contributed by atoms with Gasteiger partial charge in [0.2, 0.25) is 0 Å². The smallest absolute Gasteiger partial charge is 0.342 e. The Bertz CT molecular complexity index is 1220. The van der Waals surface area contributed by atoms with Gasteiger partial charge in [-0.3, -0.25) is 4.79 Å². The Morgan fingerprint density at radius 3 is 2.41 bits per heavy atom. The highest BCUT2D eigenvalue weighted by Crippen LogP contribution is 2.34. The van der Waals surface area contributed by atoms with Crippen LogP contribution in [0.2, 0.25) is 0 Å². The predicted molar refractivity (Wildman–Crippen MR) is 116 cm³/mol. The summed E-state index contributed by atoms with van der Waals surface area (Å²) >= 11 is 0. The summed E-state index contributed by atoms with van der Waals surface area (Å²) in [5.41, 5.74) is 6.77. The second-order valence-electron chi connectivity index (χ2n) is 6.92. The van der Waals surface area contributed by atoms with Gasteiger partial charge in [-0.2, -0.15) is 9.78 Å². The number of nitrogens with two attached hydrogens (primary N) is 1. The molecular weight excluding hydrogens is 419 g/mol. The Kier molecular flexibility index (Phi) is 6.53. The van der Waals surface area contributed by atoms with E-state index in [2.05, 4.69) is 5.10 Å². The first-order chi connectivity index (χ1) is 15.2. The van der Waals surface area contributed by atoms with E-state index < -0.39 is 18.6 Å². The second-order valence-corrected chi connectivity index (χ2v) is 6.92. The van der Waals surface area contributed by atoms with Gasteiger partial charge in [-0.25, -0.2) is 14.0 Å². The number of primary amides is 1. The van der Waals surface area contributed by atoms with Gasteiger partial charge in [-0.05, 0) is 35.9 Å². The van der Waals surface area contributed by atoms with Crippen molar-refractivity contribution in [3.63, 3.8) is 0 Å². The standard InChI is InChI=1S/C22H21FN4O5/c1-26(2)18(28)12-32-21(29)15-9-11-17-19(20(15)31-3)16(25-27(17)22(24)30)10-6-13-4-7-14(23)8-5-13/h4-11H,12H2,1-3H3,(H2,24,30). The number of benzene rings is 2. The van der Waals surface area contributed by atoms with E-state index in [9.17, 15) is 18.8 Å². The lowest BCUT2D eigenvalue weighted by Crippen LogP contribution is -2.27. The molecule has 0 aliphatic heterocycles. The summed E-state index contributed by atoms with van der Waals surface area (Å²) in [6.45, 7) is -0.440. The summed E-state index contributed by atoms with van der Waals surface area (Å²) in [4.78, 5) is 37.5. The Hall–Kier alpha value is -4.21. The highest BCUT2D eigenvalue weighted by atomic mass is 19.1. The number of carbonyl (C=O) groups is 3. The first-order valence-electron chi connectivity index (χ1n) is 9.43. The fourth-order valence-corrected chi connectivity index (χ4v) is 2.95. The molecule has 0 aliphatic rings. The van der Waals surface area contributed by atoms with Crippen molar-refractivity contribution in [1.29, 1.82) is 0 Å². The van der Waals surface area contributed by atoms with Gasteiger partial charge in [0.15, 0.2) is 6.61 Å². The molecular formula is C22H21FN4O5. The predicted octanol–water partition coefficient (Wildman–Crippen LogP) is 2.53. The molecule has 0 aliphatic carbocycles. The number of methoxy groups -OCH3 is 1. The number of amides is 2. The molecule has 3 aromatic rings. The maximum absolute atomic E-state index is 13.2. The van der Waals surface area contributed by atoms with Gasteiger partial charge in [0.25, 0.3) is 5.91 Å². The minimum Gasteiger partial charge on any atom is -0.495 e. The number of esters is 1. The zero-order chi connectivity index (χ0) is 23.4. The maximum atomic E-state index is 13.2. The van der Waals surface area contributed by atoms with E-state index in [-0.39, 0.29) is 23.0 Å². The molecule has 0 saturated heterocycles. The summed E-state index contributed by atoms with van der Waals surface area (Å²) < 4.78 is 24.7. The molecule has 0 radical (unpaired) electrons. The molecule has 1 aromatic heterocycles. The fraction of sp³-hybridized carbons (Fsp3) is 0.182. The first kappa shape index (κ1) is 22.5. The number of nitrogens with zero attached hydrogens (tertiary/aromatic N) is 3. The third kappa shape index (κ3) is 4.59. The van der Waals surface area contributed by atoms with Crippen molar-refractivity contribution in [1.82, 2.24) is 14.7 Å². The zero-order valence-corrected chi connectivity index (χ0v) is 17.7. The molecule has 166 valence electrons. The van der Waals surface area contributed by atoms with Crippen molar-refractivity contribution >= 4 is 41.0 Å². The first-order valence-corrected chi connectivity index (χ1v) is 9.43. The number of aromatic nitrogens is 2. The van der Waals surface area contributed by atoms with E-state index in [1.807, 2.05) is 0 Å². The van der Waals surface area contributed by atoms with E-state index in [0.29, 0.717) is 22.2 Å². The summed E-state index contributed by atoms with van der Waals surface area (Å²) in [7, 11) is 4.44. The number of halogens is 1. The Morgan fingerprint density at radius 2 is 1.81 bits per heavy atom. The second kappa shape index (κ2) is 9.29. The van der Waals surface area contributed by atoms with Crippen LogP contribution in [0.4, 0.5) is 9.18 Å². The molecule has 0 fully saturated rings. The van der Waals surface area contributed by atoms with Crippen molar-refractivity contribution in [2.24, 2.45) is 5.73 Å². The number of fused-ring (bicyclic) bond motifs is 1. The molecule has 10 heteroatoms. The van der Waals surface area contributed by atoms with Gasteiger partial charge in [-0.1, -0.05) is 18.2 Å². The molecule has 2 amide bonds. The van der Waals surface area contributed by atoms with E-state index in [4.69, 9.17) is 15.2 Å². The monoisotopic (exact) mass is 440 g/mol. The third-order valence-corrected chi connectivity index (χ3v) is 4.59. The van der Waals surface area contributed by atoms with Crippen LogP contribution in [0.3, 0.4) is 0 Å². The van der Waals surface area contributed by atoms with Gasteiger partial charge in [-0.15, -0.1) is 0 Å². The number of carbonyl (C=O) groups excluding carboxylic acids is 3. The van der Waals surface area contributed by atoms with Gasteiger partial charge >= 0.3 is 12.0 Å². The van der Waals surface area contributed by atoms with Crippen molar-refractivity contribution in [2.45, 2.75) is 0 Å². The van der Waals surface area contributed by atoms with Crippen LogP contribution in [-0.4, -0.2) is 60.4 Å². The number of rotatable bonds is 6. The van der Waals surface area contributed by atoms with Crippen LogP contribution in [0.5, 0.6) is 5.75 Å². The van der Waals surface area contributed by atoms with Crippen LogP contribution in [-0.2, 0) is 9.53 Å². The lowest BCUT2D eigenvalue weighted by atomic mass is 10.1. The summed E-state index contributed by atoms with van der Waals surface area (Å²) in [6, 6.07) is 7.81. The third-order valence-electron chi connectivity index (χ3n) is 4.59. The lowest BCUT2D eigenvalue weighted by Gasteiger charge is -2.12. The van der Waals surface area contributed by atoms with Crippen LogP contribution >= 0.6 is 0 Å². The number of hydrogen-bond donors (Lipinski definition) is 1. The van der Waals surface area contributed by atoms with Crippen LogP contribution in [0.1, 0.15) is 21.6 Å². The van der Waals surface area contributed by atoms with E-state index >= 15 is 0 Å². The molecule has 2 aromatic carbocycles. The quantitative estimate of drug-likeness (QED) is 0.589. The normalized spacial score (nSPS) is 11.0. The minimum atomic E-state index is -0.828. The maximum Gasteiger partial charge on any atom is 0.342 e. The van der Waals surface area contributed by atoms with Gasteiger partial charge in [0, 0.05) is 14.1 Å². The SMILES string of the molecule is COc1c(C(=O)OCC(=O)N(C)C)ccc2c1c(C=Cc1ccc(F)cc1)nn2C(N)=O. The van der Waals surface area contributed by atoms with E-state index in [1.165, 1.54) is 36.3 Å². The topological polar surface area (TPSA) is 117 Å².